The zero-order valence-corrected chi connectivity index (χ0v) is 14.9. The second-order valence-corrected chi connectivity index (χ2v) is 8.83. The van der Waals surface area contributed by atoms with E-state index < -0.39 is 10.0 Å². The first-order valence-corrected chi connectivity index (χ1v) is 9.25. The topological polar surface area (TPSA) is 58.2 Å². The zero-order chi connectivity index (χ0) is 14.8. The van der Waals surface area contributed by atoms with Crippen LogP contribution in [0.2, 0.25) is 0 Å². The third-order valence-electron chi connectivity index (χ3n) is 2.33. The molecule has 0 bridgehead atoms. The van der Waals surface area contributed by atoms with Crippen molar-refractivity contribution >= 4 is 58.9 Å². The monoisotopic (exact) mass is 436 g/mol. The Hall–Kier alpha value is -0.670. The van der Waals surface area contributed by atoms with Crippen molar-refractivity contribution in [1.82, 2.24) is 10.3 Å². The van der Waals surface area contributed by atoms with E-state index in [-0.39, 0.29) is 4.90 Å². The Morgan fingerprint density at radius 2 is 1.75 bits per heavy atom. The zero-order valence-electron chi connectivity index (χ0n) is 10.1. The third-order valence-corrected chi connectivity index (χ3v) is 5.81. The van der Waals surface area contributed by atoms with Crippen LogP contribution in [0.25, 0.3) is 5.70 Å². The van der Waals surface area contributed by atoms with E-state index in [1.165, 1.54) is 23.5 Å². The molecule has 8 heteroatoms. The summed E-state index contributed by atoms with van der Waals surface area (Å²) in [5.74, 6) is 0. The lowest BCUT2D eigenvalue weighted by Gasteiger charge is -2.10. The molecule has 0 fully saturated rings. The SMILES string of the molecule is C=C(NNS(=O)(=O)c1ccc(Br)cc1)c1ccc(Br)s1. The average Bonchev–Trinajstić information content (AvgIpc) is 2.83. The van der Waals surface area contributed by atoms with Crippen molar-refractivity contribution in [2.24, 2.45) is 0 Å². The van der Waals surface area contributed by atoms with Crippen LogP contribution in [0, 0.1) is 0 Å². The van der Waals surface area contributed by atoms with E-state index >= 15 is 0 Å². The van der Waals surface area contributed by atoms with Crippen molar-refractivity contribution in [2.75, 3.05) is 0 Å². The van der Waals surface area contributed by atoms with Crippen LogP contribution in [0.3, 0.4) is 0 Å². The lowest BCUT2D eigenvalue weighted by molar-refractivity contribution is 0.576. The first-order valence-electron chi connectivity index (χ1n) is 5.36. The van der Waals surface area contributed by atoms with Crippen LogP contribution in [0.4, 0.5) is 0 Å². The van der Waals surface area contributed by atoms with Crippen LogP contribution in [-0.2, 0) is 10.0 Å². The van der Waals surface area contributed by atoms with Crippen LogP contribution in [-0.4, -0.2) is 8.42 Å². The van der Waals surface area contributed by atoms with Gasteiger partial charge in [0.25, 0.3) is 10.0 Å². The molecule has 0 radical (unpaired) electrons. The largest absolute Gasteiger partial charge is 0.307 e. The van der Waals surface area contributed by atoms with E-state index in [1.54, 1.807) is 12.1 Å². The molecule has 0 spiro atoms. The van der Waals surface area contributed by atoms with Gasteiger partial charge in [-0.25, -0.2) is 8.42 Å². The average molecular weight is 438 g/mol. The van der Waals surface area contributed by atoms with E-state index in [9.17, 15) is 8.42 Å². The van der Waals surface area contributed by atoms with Gasteiger partial charge < -0.3 is 5.43 Å². The molecule has 4 nitrogen and oxygen atoms in total. The highest BCUT2D eigenvalue weighted by Gasteiger charge is 2.14. The minimum absolute atomic E-state index is 0.174. The number of hydrogen-bond acceptors (Lipinski definition) is 4. The van der Waals surface area contributed by atoms with Crippen molar-refractivity contribution in [3.8, 4) is 0 Å². The predicted octanol–water partition coefficient (Wildman–Crippen LogP) is 3.73. The minimum atomic E-state index is -3.62. The minimum Gasteiger partial charge on any atom is -0.307 e. The first kappa shape index (κ1) is 15.7. The number of hydrazine groups is 1. The van der Waals surface area contributed by atoms with Crippen molar-refractivity contribution in [2.45, 2.75) is 4.90 Å². The summed E-state index contributed by atoms with van der Waals surface area (Å²) in [4.78, 5) is 3.32. The summed E-state index contributed by atoms with van der Waals surface area (Å²) in [5, 5.41) is 0. The molecule has 0 unspecified atom stereocenters. The summed E-state index contributed by atoms with van der Waals surface area (Å²) in [6.45, 7) is 3.79. The lowest BCUT2D eigenvalue weighted by Crippen LogP contribution is -2.35. The molecule has 0 aliphatic rings. The van der Waals surface area contributed by atoms with Crippen LogP contribution >= 0.6 is 43.2 Å². The summed E-state index contributed by atoms with van der Waals surface area (Å²) in [5.41, 5.74) is 3.10. The van der Waals surface area contributed by atoms with Crippen LogP contribution in [0.15, 0.2) is 56.1 Å². The maximum atomic E-state index is 12.0. The quantitative estimate of drug-likeness (QED) is 0.700. The summed E-state index contributed by atoms with van der Waals surface area (Å²) in [7, 11) is -3.62. The van der Waals surface area contributed by atoms with Gasteiger partial charge in [-0.3, -0.25) is 0 Å². The van der Waals surface area contributed by atoms with Gasteiger partial charge in [0.15, 0.2) is 0 Å². The number of rotatable bonds is 5. The molecule has 0 saturated carbocycles. The third kappa shape index (κ3) is 3.92. The Labute approximate surface area is 138 Å². The molecule has 0 atom stereocenters. The number of sulfonamides is 1. The van der Waals surface area contributed by atoms with Gasteiger partial charge in [-0.15, -0.1) is 16.2 Å². The normalized spacial score (nSPS) is 11.3. The highest BCUT2D eigenvalue weighted by molar-refractivity contribution is 9.11. The van der Waals surface area contributed by atoms with Crippen molar-refractivity contribution in [1.29, 1.82) is 0 Å². The van der Waals surface area contributed by atoms with E-state index in [2.05, 4.69) is 48.7 Å². The second kappa shape index (κ2) is 6.40. The summed E-state index contributed by atoms with van der Waals surface area (Å²) in [6, 6.07) is 10.1. The molecule has 0 aliphatic heterocycles. The van der Waals surface area contributed by atoms with Crippen molar-refractivity contribution in [3.63, 3.8) is 0 Å². The molecule has 0 saturated heterocycles. The van der Waals surface area contributed by atoms with Gasteiger partial charge in [0.2, 0.25) is 0 Å². The van der Waals surface area contributed by atoms with Gasteiger partial charge in [-0.1, -0.05) is 22.5 Å². The van der Waals surface area contributed by atoms with Crippen molar-refractivity contribution in [3.05, 3.63) is 56.1 Å². The van der Waals surface area contributed by atoms with Crippen LogP contribution in [0.1, 0.15) is 4.88 Å². The fourth-order valence-electron chi connectivity index (χ4n) is 1.34. The standard InChI is InChI=1S/C12H10Br2N2O2S2/c1-8(11-6-7-12(14)19-11)15-16-20(17,18)10-4-2-9(13)3-5-10/h2-7,15-16H,1H2. The Bertz CT molecular complexity index is 724. The summed E-state index contributed by atoms with van der Waals surface area (Å²) < 4.78 is 25.9. The smallest absolute Gasteiger partial charge is 0.257 e. The predicted molar refractivity (Wildman–Crippen MR) is 88.7 cm³/mol. The molecular weight excluding hydrogens is 428 g/mol. The van der Waals surface area contributed by atoms with Gasteiger partial charge in [0.1, 0.15) is 0 Å². The number of benzene rings is 1. The van der Waals surface area contributed by atoms with E-state index in [1.807, 2.05) is 12.1 Å². The molecule has 2 aromatic rings. The van der Waals surface area contributed by atoms with Gasteiger partial charge in [0.05, 0.1) is 19.3 Å². The summed E-state index contributed by atoms with van der Waals surface area (Å²) >= 11 is 8.06. The van der Waals surface area contributed by atoms with Gasteiger partial charge in [-0.2, -0.15) is 0 Å². The molecule has 106 valence electrons. The Morgan fingerprint density at radius 1 is 1.10 bits per heavy atom. The number of halogens is 2. The van der Waals surface area contributed by atoms with E-state index in [0.29, 0.717) is 5.70 Å². The molecule has 0 aliphatic carbocycles. The number of hydrogen-bond donors (Lipinski definition) is 2. The highest BCUT2D eigenvalue weighted by atomic mass is 79.9. The molecule has 1 heterocycles. The van der Waals surface area contributed by atoms with Crippen LogP contribution in [0.5, 0.6) is 0 Å². The first-order chi connectivity index (χ1) is 9.38. The van der Waals surface area contributed by atoms with E-state index in [4.69, 9.17) is 0 Å². The van der Waals surface area contributed by atoms with Crippen LogP contribution < -0.4 is 10.3 Å². The Morgan fingerprint density at radius 3 is 2.30 bits per heavy atom. The van der Waals surface area contributed by atoms with E-state index in [0.717, 1.165) is 13.1 Å². The molecule has 2 N–H and O–H groups in total. The summed E-state index contributed by atoms with van der Waals surface area (Å²) in [6.07, 6.45) is 0. The molecule has 1 aromatic heterocycles. The number of thiophene rings is 1. The Balaban J connectivity index is 2.06. The highest BCUT2D eigenvalue weighted by Crippen LogP contribution is 2.25. The molecule has 20 heavy (non-hydrogen) atoms. The van der Waals surface area contributed by atoms with Gasteiger partial charge in [-0.05, 0) is 52.3 Å². The van der Waals surface area contributed by atoms with Gasteiger partial charge in [0, 0.05) is 4.47 Å². The fraction of sp³-hybridized carbons (Fsp3) is 0. The molecular formula is C12H10Br2N2O2S2. The maximum absolute atomic E-state index is 12.0. The molecule has 0 amide bonds. The van der Waals surface area contributed by atoms with Gasteiger partial charge >= 0.3 is 0 Å². The molecule has 1 aromatic carbocycles. The number of nitrogens with one attached hydrogen (secondary N) is 2. The maximum Gasteiger partial charge on any atom is 0.257 e. The lowest BCUT2D eigenvalue weighted by atomic mass is 10.4. The fourth-order valence-corrected chi connectivity index (χ4v) is 3.79. The van der Waals surface area contributed by atoms with Crippen molar-refractivity contribution < 1.29 is 8.42 Å². The second-order valence-electron chi connectivity index (χ2n) is 3.77. The Kier molecular flexibility index (Phi) is 5.03. The molecule has 2 rings (SSSR count).